The maximum absolute atomic E-state index is 14.9. The lowest BCUT2D eigenvalue weighted by molar-refractivity contribution is -0.205. The van der Waals surface area contributed by atoms with Crippen LogP contribution in [0.2, 0.25) is 0 Å². The molecule has 2 aromatic heterocycles. The number of aromatic amines is 2. The molecule has 508 valence electrons. The number of hydrogen-bond acceptors (Lipinski definition) is 14. The molecule has 2 aliphatic heterocycles. The lowest BCUT2D eigenvalue weighted by atomic mass is 9.34. The van der Waals surface area contributed by atoms with Gasteiger partial charge in [-0.1, -0.05) is 26.0 Å². The summed E-state index contributed by atoms with van der Waals surface area (Å²) in [6.07, 6.45) is 4.69. The fraction of sp³-hybridized carbons (Fsp3) is 0.508. The Labute approximate surface area is 552 Å². The van der Waals surface area contributed by atoms with E-state index in [1.807, 2.05) is 13.8 Å². The summed E-state index contributed by atoms with van der Waals surface area (Å²) in [6.45, 7) is 9.39. The smallest absolute Gasteiger partial charge is 0.445 e. The maximum atomic E-state index is 14.9. The number of unbranched alkanes of at least 4 members (excludes halogenated alkanes) is 1. The molecule has 5 atom stereocenters. The number of carbonyl (C=O) groups is 9. The molecule has 3 fully saturated rings. The molecule has 3 saturated carbocycles. The monoisotopic (exact) mass is 1360 g/mol. The number of anilines is 3. The number of fused-ring (bicyclic) bond motifs is 6. The number of H-pyrrole nitrogens is 2. The summed E-state index contributed by atoms with van der Waals surface area (Å²) in [7, 11) is -1.98. The van der Waals surface area contributed by atoms with Gasteiger partial charge < -0.3 is 81.6 Å². The summed E-state index contributed by atoms with van der Waals surface area (Å²) < 4.78 is 28.9. The minimum atomic E-state index is -4.99. The highest BCUT2D eigenvalue weighted by Gasteiger charge is 2.76. The fourth-order valence-electron chi connectivity index (χ4n) is 13.4. The van der Waals surface area contributed by atoms with Gasteiger partial charge in [-0.15, -0.1) is 23.2 Å². The van der Waals surface area contributed by atoms with E-state index >= 15 is 0 Å². The summed E-state index contributed by atoms with van der Waals surface area (Å²) in [5.41, 5.74) is 15.2. The largest absolute Gasteiger partial charge is 0.524 e. The Morgan fingerprint density at radius 2 is 1.26 bits per heavy atom. The van der Waals surface area contributed by atoms with Gasteiger partial charge in [0.15, 0.2) is 11.5 Å². The highest BCUT2D eigenvalue weighted by molar-refractivity contribution is 7.46. The first-order valence-corrected chi connectivity index (χ1v) is 33.7. The van der Waals surface area contributed by atoms with Crippen LogP contribution in [-0.2, 0) is 44.7 Å². The summed E-state index contributed by atoms with van der Waals surface area (Å²) in [5.74, 6) is -3.17. The van der Waals surface area contributed by atoms with Gasteiger partial charge in [-0.25, -0.2) is 18.9 Å². The van der Waals surface area contributed by atoms with Gasteiger partial charge in [-0.05, 0) is 118 Å². The summed E-state index contributed by atoms with van der Waals surface area (Å²) in [6, 6.07) is 5.67. The summed E-state index contributed by atoms with van der Waals surface area (Å²) in [4.78, 5) is 153. The average molecular weight is 1360 g/mol. The Morgan fingerprint density at radius 1 is 0.734 bits per heavy atom. The topological polar surface area (TPSA) is 396 Å². The molecule has 28 nitrogen and oxygen atoms in total. The van der Waals surface area contributed by atoms with E-state index in [1.165, 1.54) is 36.9 Å². The highest BCUT2D eigenvalue weighted by atomic mass is 35.5. The first-order valence-electron chi connectivity index (χ1n) is 31.1. The zero-order chi connectivity index (χ0) is 68.3. The van der Waals surface area contributed by atoms with Gasteiger partial charge >= 0.3 is 26.0 Å². The van der Waals surface area contributed by atoms with Crippen molar-refractivity contribution in [2.75, 3.05) is 80.2 Å². The van der Waals surface area contributed by atoms with Crippen molar-refractivity contribution in [3.63, 3.8) is 0 Å². The van der Waals surface area contributed by atoms with E-state index in [4.69, 9.17) is 48.7 Å². The molecule has 5 aromatic rings. The van der Waals surface area contributed by atoms with Gasteiger partial charge in [0.05, 0.1) is 33.2 Å². The number of aromatic nitrogens is 2. The van der Waals surface area contributed by atoms with Crippen LogP contribution in [0.3, 0.4) is 0 Å². The standard InChI is InChI=1S/C63H82Cl2N13O15P/c1-33(2)51(74-55(81)41(71-36(5)79)11-8-9-17-66)56(82)73-42(12-10-18-68-59(67)85)54(80)72-40-15-13-37(14-16-40)29-91-60(86)75(6)19-20-76(7)61(87)92-45-21-43-49(47-34(3)25-69-52(45)47)38(23-64)27-77(43)57(83)62-30-63(31-62,32-62)58(84)78-28-39(24-65)50-44(78)22-46(93-94(88,89)90)53-48(50)35(4)26-70-53/h13-16,21-22,25-26,33,38-39,41-42,51,69-70H,8-12,17-20,23-24,27-32,66H2,1-7H3,(H,71,79)(H,72,80)(H,73,82)(H,74,81)(H3,67,68,85)(H2,88,89,90)/t38-,39-,41+,42+,51+,62?,63?/m1/s1. The van der Waals surface area contributed by atoms with Crippen LogP contribution in [0.5, 0.6) is 11.5 Å². The molecule has 94 heavy (non-hydrogen) atoms. The number of urea groups is 1. The van der Waals surface area contributed by atoms with E-state index in [1.54, 1.807) is 66.4 Å². The molecule has 0 saturated heterocycles. The normalized spacial score (nSPS) is 19.4. The third-order valence-electron chi connectivity index (χ3n) is 18.2. The second-order valence-electron chi connectivity index (χ2n) is 25.5. The van der Waals surface area contributed by atoms with Crippen LogP contribution in [-0.4, -0.2) is 166 Å². The predicted octanol–water partition coefficient (Wildman–Crippen LogP) is 6.29. The van der Waals surface area contributed by atoms with Crippen molar-refractivity contribution in [3.8, 4) is 11.5 Å². The van der Waals surface area contributed by atoms with E-state index in [9.17, 15) is 57.5 Å². The van der Waals surface area contributed by atoms with Crippen LogP contribution >= 0.6 is 31.0 Å². The number of nitrogens with two attached hydrogens (primary N) is 2. The predicted molar refractivity (Wildman–Crippen MR) is 352 cm³/mol. The van der Waals surface area contributed by atoms with Crippen molar-refractivity contribution in [3.05, 3.63) is 76.6 Å². The molecule has 0 radical (unpaired) electrons. The van der Waals surface area contributed by atoms with Crippen molar-refractivity contribution in [2.24, 2.45) is 28.2 Å². The van der Waals surface area contributed by atoms with Crippen LogP contribution in [0, 0.1) is 30.6 Å². The number of alkyl halides is 2. The molecule has 5 aliphatic rings. The number of rotatable bonds is 28. The fourth-order valence-corrected chi connectivity index (χ4v) is 14.3. The number of amides is 10. The number of aryl methyl sites for hydroxylation is 2. The SMILES string of the molecule is CC(=O)N[C@@H](CCCCN)C(=O)N[C@H](C(=O)N[C@@H](CCCNC(N)=O)C(=O)Nc1ccc(COC(=O)N(C)CCN(C)C(=O)Oc2cc3c(c4c(C)c[nH]c24)[C@H](CCl)CN3C(=O)C23CC(C(=O)N4C[C@@H](CCl)c5c4cc(OP(=O)(O)O)c4[nH]cc(C)c54)(C2)C3)cc1)C(C)C. The number of benzene rings is 3. The second kappa shape index (κ2) is 28.8. The number of phosphoric ester groups is 1. The van der Waals surface area contributed by atoms with Crippen LogP contribution in [0.1, 0.15) is 112 Å². The third-order valence-corrected chi connectivity index (χ3v) is 19.3. The molecule has 31 heteroatoms. The molecule has 13 N–H and O–H groups in total. The zero-order valence-corrected chi connectivity index (χ0v) is 55.9. The Kier molecular flexibility index (Phi) is 21.5. The number of phosphoric acid groups is 1. The van der Waals surface area contributed by atoms with E-state index in [0.717, 1.165) is 27.6 Å². The third kappa shape index (κ3) is 14.9. The van der Waals surface area contributed by atoms with Crippen molar-refractivity contribution in [1.82, 2.24) is 41.0 Å². The van der Waals surface area contributed by atoms with Gasteiger partial charge in [0.25, 0.3) is 0 Å². The van der Waals surface area contributed by atoms with E-state index < -0.39 is 84.5 Å². The first-order chi connectivity index (χ1) is 44.5. The van der Waals surface area contributed by atoms with Gasteiger partial charge in [0, 0.05) is 118 Å². The number of primary amides is 1. The van der Waals surface area contributed by atoms with Gasteiger partial charge in [-0.2, -0.15) is 0 Å². The maximum Gasteiger partial charge on any atom is 0.524 e. The number of nitrogens with one attached hydrogen (secondary N) is 7. The average Bonchev–Trinajstić information content (AvgIpc) is 0.898. The number of likely N-dealkylation sites (N-methyl/N-ethyl adjacent to an activating group) is 2. The number of ether oxygens (including phenoxy) is 2. The highest BCUT2D eigenvalue weighted by Crippen LogP contribution is 2.75. The Morgan fingerprint density at radius 3 is 1.77 bits per heavy atom. The van der Waals surface area contributed by atoms with Crippen molar-refractivity contribution >= 4 is 124 Å². The van der Waals surface area contributed by atoms with Crippen LogP contribution in [0.15, 0.2) is 48.8 Å². The van der Waals surface area contributed by atoms with Crippen LogP contribution in [0.25, 0.3) is 21.8 Å². The van der Waals surface area contributed by atoms with Gasteiger partial charge in [0.1, 0.15) is 24.7 Å². The Balaban J connectivity index is 0.788. The molecule has 10 amide bonds. The molecular weight excluding hydrogens is 1280 g/mol. The lowest BCUT2D eigenvalue weighted by Crippen LogP contribution is -2.73. The molecular formula is C63H82Cl2N13O15P. The van der Waals surface area contributed by atoms with E-state index in [-0.39, 0.29) is 118 Å². The Bertz CT molecular complexity index is 3800. The number of hydrogen-bond donors (Lipinski definition) is 11. The van der Waals surface area contributed by atoms with Crippen molar-refractivity contribution in [2.45, 2.75) is 123 Å². The van der Waals surface area contributed by atoms with E-state index in [0.29, 0.717) is 64.9 Å². The molecule has 4 heterocycles. The van der Waals surface area contributed by atoms with Crippen molar-refractivity contribution in [1.29, 1.82) is 0 Å². The lowest BCUT2D eigenvalue weighted by Gasteiger charge is -2.69. The quantitative estimate of drug-likeness (QED) is 0.0149. The number of carbonyl (C=O) groups excluding carboxylic acids is 9. The minimum absolute atomic E-state index is 0.0249. The van der Waals surface area contributed by atoms with Crippen LogP contribution in [0.4, 0.5) is 31.4 Å². The number of halogens is 2. The second-order valence-corrected chi connectivity index (χ2v) is 27.3. The zero-order valence-electron chi connectivity index (χ0n) is 53.5. The molecule has 10 rings (SSSR count). The van der Waals surface area contributed by atoms with Gasteiger partial charge in [-0.3, -0.25) is 38.6 Å². The Hall–Kier alpha value is -8.14. The molecule has 0 spiro atoms. The number of nitrogens with zero attached hydrogens (tertiary/aromatic N) is 4. The molecule has 0 unspecified atom stereocenters. The van der Waals surface area contributed by atoms with Crippen LogP contribution < -0.4 is 57.1 Å². The van der Waals surface area contributed by atoms with Gasteiger partial charge in [0.2, 0.25) is 35.4 Å². The van der Waals surface area contributed by atoms with Crippen molar-refractivity contribution < 1.29 is 71.5 Å². The molecule has 3 aliphatic carbocycles. The molecule has 2 bridgehead atoms. The minimum Gasteiger partial charge on any atom is -0.445 e. The molecule has 3 aromatic carbocycles. The van der Waals surface area contributed by atoms with E-state index in [2.05, 4.69) is 36.6 Å². The first kappa shape index (κ1) is 70.2. The summed E-state index contributed by atoms with van der Waals surface area (Å²) >= 11 is 13.2. The summed E-state index contributed by atoms with van der Waals surface area (Å²) in [5, 5.41) is 14.8.